The minimum Gasteiger partial charge on any atom is -0.457 e. The lowest BCUT2D eigenvalue weighted by atomic mass is 9.92. The van der Waals surface area contributed by atoms with Crippen molar-refractivity contribution in [2.75, 3.05) is 23.8 Å². The van der Waals surface area contributed by atoms with E-state index in [0.717, 1.165) is 35.6 Å². The Hall–Kier alpha value is -3.92. The minimum absolute atomic E-state index is 0.0769. The number of fused-ring (bicyclic) bond motifs is 1. The molecule has 1 aliphatic heterocycles. The number of hydrogen-bond acceptors (Lipinski definition) is 7. The molecule has 0 radical (unpaired) electrons. The molecule has 1 atom stereocenters. The predicted octanol–water partition coefficient (Wildman–Crippen LogP) is 4.92. The number of nitrogens with one attached hydrogen (secondary N) is 2. The fourth-order valence-electron chi connectivity index (χ4n) is 4.17. The standard InChI is InChI=1S/C26H31N7O3/c1-16(34)28-23-13-19(8-10-27-23)36-18-6-7-20-21(12-18)32(5)25(29-20)30-24-14-22(26(2,3)4)31-33(24)17-9-11-35-15-17/h6-8,10,12-14,17H,9,11,15H2,1-5H3,(H,29,30)(H,27,28,34)/t17-/m1/s1. The smallest absolute Gasteiger partial charge is 0.222 e. The largest absolute Gasteiger partial charge is 0.457 e. The van der Waals surface area contributed by atoms with E-state index in [1.807, 2.05) is 34.5 Å². The van der Waals surface area contributed by atoms with Crippen LogP contribution in [0, 0.1) is 0 Å². The molecule has 36 heavy (non-hydrogen) atoms. The third kappa shape index (κ3) is 4.90. The van der Waals surface area contributed by atoms with Gasteiger partial charge in [0.2, 0.25) is 11.9 Å². The zero-order chi connectivity index (χ0) is 25.4. The van der Waals surface area contributed by atoms with E-state index in [9.17, 15) is 4.79 Å². The van der Waals surface area contributed by atoms with E-state index in [2.05, 4.69) is 42.5 Å². The van der Waals surface area contributed by atoms with Crippen molar-refractivity contribution >= 4 is 34.5 Å². The van der Waals surface area contributed by atoms with Crippen LogP contribution in [0.25, 0.3) is 11.0 Å². The first-order valence-electron chi connectivity index (χ1n) is 12.0. The molecular weight excluding hydrogens is 458 g/mol. The van der Waals surface area contributed by atoms with Gasteiger partial charge in [0.25, 0.3) is 0 Å². The van der Waals surface area contributed by atoms with Gasteiger partial charge >= 0.3 is 0 Å². The van der Waals surface area contributed by atoms with Crippen molar-refractivity contribution in [3.63, 3.8) is 0 Å². The van der Waals surface area contributed by atoms with Crippen molar-refractivity contribution < 1.29 is 14.3 Å². The summed E-state index contributed by atoms with van der Waals surface area (Å²) < 4.78 is 15.7. The van der Waals surface area contributed by atoms with E-state index in [1.165, 1.54) is 6.92 Å². The highest BCUT2D eigenvalue weighted by atomic mass is 16.5. The molecule has 1 aliphatic rings. The SMILES string of the molecule is CC(=O)Nc1cc(Oc2ccc3nc(Nc4cc(C(C)(C)C)nn4[C@@H]4CCOC4)n(C)c3c2)ccn1. The lowest BCUT2D eigenvalue weighted by Gasteiger charge is -2.15. The lowest BCUT2D eigenvalue weighted by Crippen LogP contribution is -2.16. The van der Waals surface area contributed by atoms with Gasteiger partial charge in [0.15, 0.2) is 0 Å². The number of ether oxygens (including phenoxy) is 2. The topological polar surface area (TPSA) is 108 Å². The first kappa shape index (κ1) is 23.8. The highest BCUT2D eigenvalue weighted by Gasteiger charge is 2.26. The second kappa shape index (κ2) is 9.27. The summed E-state index contributed by atoms with van der Waals surface area (Å²) in [4.78, 5) is 20.3. The number of amides is 1. The molecule has 1 saturated heterocycles. The summed E-state index contributed by atoms with van der Waals surface area (Å²) >= 11 is 0. The van der Waals surface area contributed by atoms with Crippen LogP contribution in [0.2, 0.25) is 0 Å². The predicted molar refractivity (Wildman–Crippen MR) is 138 cm³/mol. The molecule has 10 nitrogen and oxygen atoms in total. The maximum atomic E-state index is 11.3. The maximum Gasteiger partial charge on any atom is 0.222 e. The fraction of sp³-hybridized carbons (Fsp3) is 0.385. The monoisotopic (exact) mass is 489 g/mol. The molecule has 0 spiro atoms. The molecule has 0 aliphatic carbocycles. The van der Waals surface area contributed by atoms with Gasteiger partial charge in [0.1, 0.15) is 23.1 Å². The second-order valence-electron chi connectivity index (χ2n) is 10.1. The van der Waals surface area contributed by atoms with Gasteiger partial charge in [-0.25, -0.2) is 14.6 Å². The number of rotatable bonds is 6. The van der Waals surface area contributed by atoms with E-state index in [1.54, 1.807) is 18.3 Å². The van der Waals surface area contributed by atoms with Crippen LogP contribution in [0.5, 0.6) is 11.5 Å². The Balaban J connectivity index is 1.43. The van der Waals surface area contributed by atoms with E-state index in [-0.39, 0.29) is 17.4 Å². The Labute approximate surface area is 209 Å². The van der Waals surface area contributed by atoms with Crippen molar-refractivity contribution in [2.45, 2.75) is 45.6 Å². The number of benzene rings is 1. The number of carbonyl (C=O) groups is 1. The number of nitrogens with zero attached hydrogens (tertiary/aromatic N) is 5. The summed E-state index contributed by atoms with van der Waals surface area (Å²) in [6, 6.07) is 11.5. The number of imidazole rings is 1. The molecule has 0 saturated carbocycles. The summed E-state index contributed by atoms with van der Waals surface area (Å²) in [7, 11) is 1.97. The zero-order valence-corrected chi connectivity index (χ0v) is 21.2. The molecule has 188 valence electrons. The van der Waals surface area contributed by atoms with Gasteiger partial charge in [-0.1, -0.05) is 20.8 Å². The normalized spacial score (nSPS) is 15.9. The van der Waals surface area contributed by atoms with Crippen LogP contribution in [0.4, 0.5) is 17.6 Å². The molecule has 4 aromatic rings. The van der Waals surface area contributed by atoms with E-state index in [4.69, 9.17) is 19.6 Å². The summed E-state index contributed by atoms with van der Waals surface area (Å²) in [5.41, 5.74) is 2.69. The van der Waals surface area contributed by atoms with E-state index >= 15 is 0 Å². The summed E-state index contributed by atoms with van der Waals surface area (Å²) in [6.07, 6.45) is 2.53. The highest BCUT2D eigenvalue weighted by molar-refractivity contribution is 5.87. The van der Waals surface area contributed by atoms with Crippen LogP contribution >= 0.6 is 0 Å². The molecule has 3 aromatic heterocycles. The second-order valence-corrected chi connectivity index (χ2v) is 10.1. The van der Waals surface area contributed by atoms with Gasteiger partial charge in [0, 0.05) is 50.4 Å². The highest BCUT2D eigenvalue weighted by Crippen LogP contribution is 2.32. The molecule has 5 rings (SSSR count). The molecular formula is C26H31N7O3. The van der Waals surface area contributed by atoms with Crippen LogP contribution in [0.15, 0.2) is 42.6 Å². The van der Waals surface area contributed by atoms with Crippen molar-refractivity contribution in [3.8, 4) is 11.5 Å². The van der Waals surface area contributed by atoms with E-state index in [0.29, 0.717) is 29.9 Å². The van der Waals surface area contributed by atoms with Gasteiger partial charge in [-0.15, -0.1) is 0 Å². The molecule has 0 unspecified atom stereocenters. The number of hydrogen-bond donors (Lipinski definition) is 2. The summed E-state index contributed by atoms with van der Waals surface area (Å²) in [5.74, 6) is 3.08. The Bertz CT molecular complexity index is 1410. The van der Waals surface area contributed by atoms with Gasteiger partial charge in [-0.3, -0.25) is 4.79 Å². The number of anilines is 3. The van der Waals surface area contributed by atoms with Crippen LogP contribution < -0.4 is 15.4 Å². The fourth-order valence-corrected chi connectivity index (χ4v) is 4.17. The third-order valence-electron chi connectivity index (χ3n) is 6.12. The average Bonchev–Trinajstić information content (AvgIpc) is 3.54. The number of pyridine rings is 1. The first-order valence-corrected chi connectivity index (χ1v) is 12.0. The quantitative estimate of drug-likeness (QED) is 0.396. The maximum absolute atomic E-state index is 11.3. The van der Waals surface area contributed by atoms with Gasteiger partial charge < -0.3 is 24.7 Å². The molecule has 1 fully saturated rings. The Morgan fingerprint density at radius 1 is 1.17 bits per heavy atom. The van der Waals surface area contributed by atoms with Gasteiger partial charge in [0.05, 0.1) is 29.4 Å². The molecule has 2 N–H and O–H groups in total. The molecule has 10 heteroatoms. The van der Waals surface area contributed by atoms with Gasteiger partial charge in [-0.05, 0) is 24.6 Å². The lowest BCUT2D eigenvalue weighted by molar-refractivity contribution is -0.114. The first-order chi connectivity index (χ1) is 17.2. The van der Waals surface area contributed by atoms with Crippen molar-refractivity contribution in [1.29, 1.82) is 0 Å². The van der Waals surface area contributed by atoms with Crippen LogP contribution in [-0.4, -0.2) is 43.4 Å². The molecule has 1 amide bonds. The molecule has 4 heterocycles. The van der Waals surface area contributed by atoms with Crippen LogP contribution in [0.3, 0.4) is 0 Å². The summed E-state index contributed by atoms with van der Waals surface area (Å²) in [6.45, 7) is 9.32. The number of carbonyl (C=O) groups excluding carboxylic acids is 1. The van der Waals surface area contributed by atoms with E-state index < -0.39 is 0 Å². The van der Waals surface area contributed by atoms with Crippen molar-refractivity contribution in [3.05, 3.63) is 48.3 Å². The van der Waals surface area contributed by atoms with Crippen molar-refractivity contribution in [2.24, 2.45) is 7.05 Å². The minimum atomic E-state index is -0.188. The van der Waals surface area contributed by atoms with Crippen LogP contribution in [0.1, 0.15) is 45.9 Å². The molecule has 0 bridgehead atoms. The van der Waals surface area contributed by atoms with Gasteiger partial charge in [-0.2, -0.15) is 5.10 Å². The van der Waals surface area contributed by atoms with Crippen LogP contribution in [-0.2, 0) is 22.0 Å². The zero-order valence-electron chi connectivity index (χ0n) is 21.2. The Morgan fingerprint density at radius 3 is 2.69 bits per heavy atom. The molecule has 1 aromatic carbocycles. The third-order valence-corrected chi connectivity index (χ3v) is 6.12. The average molecular weight is 490 g/mol. The summed E-state index contributed by atoms with van der Waals surface area (Å²) in [5, 5.41) is 11.1. The number of aromatic nitrogens is 5. The Morgan fingerprint density at radius 2 is 1.97 bits per heavy atom. The number of aryl methyl sites for hydroxylation is 1. The Kier molecular flexibility index (Phi) is 6.13. The van der Waals surface area contributed by atoms with Crippen molar-refractivity contribution in [1.82, 2.24) is 24.3 Å².